The zero-order valence-electron chi connectivity index (χ0n) is 65.5. The van der Waals surface area contributed by atoms with Crippen molar-refractivity contribution in [2.24, 2.45) is 58.2 Å². The molecular weight excluding hydrogens is 1540 g/mol. The van der Waals surface area contributed by atoms with Crippen molar-refractivity contribution in [3.8, 4) is 23.3 Å². The van der Waals surface area contributed by atoms with Crippen LogP contribution in [0.15, 0.2) is 85.2 Å². The van der Waals surface area contributed by atoms with Crippen LogP contribution < -0.4 is 28.4 Å². The number of ether oxygens (including phenoxy) is 6. The normalized spacial score (nSPS) is 29.6. The van der Waals surface area contributed by atoms with E-state index in [1.807, 2.05) is 101 Å². The van der Waals surface area contributed by atoms with Gasteiger partial charge in [-0.2, -0.15) is 26.3 Å². The Morgan fingerprint density at radius 2 is 0.904 bits per heavy atom. The smallest absolute Gasteiger partial charge is 0.425 e. The lowest BCUT2D eigenvalue weighted by Crippen LogP contribution is -2.47. The van der Waals surface area contributed by atoms with E-state index in [2.05, 4.69) is 19.4 Å². The van der Waals surface area contributed by atoms with Gasteiger partial charge in [-0.3, -0.25) is 47.8 Å². The fourth-order valence-electron chi connectivity index (χ4n) is 16.4. The quantitative estimate of drug-likeness (QED) is 0.0419. The minimum atomic E-state index is -4.80. The summed E-state index contributed by atoms with van der Waals surface area (Å²) < 4.78 is 171. The Bertz CT molecular complexity index is 4260. The van der Waals surface area contributed by atoms with Crippen molar-refractivity contribution in [3.63, 3.8) is 0 Å². The maximum absolute atomic E-state index is 14.8. The molecule has 32 heteroatoms. The Kier molecular flexibility index (Phi) is 27.0. The average Bonchev–Trinajstić information content (AvgIpc) is 1.57. The molecule has 4 amide bonds. The molecule has 4 aliphatic carbocycles. The molecule has 2 saturated heterocycles. The van der Waals surface area contributed by atoms with Crippen LogP contribution >= 0.6 is 0 Å². The second-order valence-electron chi connectivity index (χ2n) is 32.8. The molecule has 16 atom stereocenters. The number of sulfonamides is 2. The summed E-state index contributed by atoms with van der Waals surface area (Å²) in [4.78, 5) is 124. The monoisotopic (exact) mass is 1640 g/mol. The van der Waals surface area contributed by atoms with E-state index in [0.29, 0.717) is 99.7 Å². The molecule has 624 valence electrons. The lowest BCUT2D eigenvalue weighted by atomic mass is 9.82. The maximum Gasteiger partial charge on any atom is 0.425 e. The van der Waals surface area contributed by atoms with Crippen molar-refractivity contribution >= 4 is 88.7 Å². The summed E-state index contributed by atoms with van der Waals surface area (Å²) in [6.45, 7) is 13.6. The summed E-state index contributed by atoms with van der Waals surface area (Å²) in [7, 11) is -7.85. The number of halogens is 6. The van der Waals surface area contributed by atoms with Crippen LogP contribution in [0.25, 0.3) is 21.5 Å². The summed E-state index contributed by atoms with van der Waals surface area (Å²) in [5, 5.41) is 1.44. The number of hydrogen-bond donors (Lipinski definition) is 2. The van der Waals surface area contributed by atoms with E-state index in [1.54, 1.807) is 26.2 Å². The highest BCUT2D eigenvalue weighted by molar-refractivity contribution is 7.91. The molecule has 24 nitrogen and oxygen atoms in total. The highest BCUT2D eigenvalue weighted by atomic mass is 32.2. The number of esters is 2. The Morgan fingerprint density at radius 3 is 1.25 bits per heavy atom. The first-order chi connectivity index (χ1) is 53.9. The molecule has 6 fully saturated rings. The third-order valence-corrected chi connectivity index (χ3v) is 27.2. The van der Waals surface area contributed by atoms with Gasteiger partial charge < -0.3 is 38.2 Å². The Morgan fingerprint density at radius 1 is 0.544 bits per heavy atom. The van der Waals surface area contributed by atoms with E-state index in [4.69, 9.17) is 28.4 Å². The third kappa shape index (κ3) is 20.7. The Labute approximate surface area is 660 Å². The van der Waals surface area contributed by atoms with Gasteiger partial charge in [0, 0.05) is 47.2 Å². The fraction of sp³-hybridized carbons (Fsp3) is 0.634. The highest BCUT2D eigenvalue weighted by Crippen LogP contribution is 2.59. The standard InChI is InChI=1S/2C41H52F3N3O9S/c2*1-5-16-54-35-22-45-37(31-13-9-8-12-30(31)35)56-28-18-33-34(48)21-40(39(51)46-57(52,53)29-14-15-29)20-27(40)11-7-6-10-24(2)17-25(3)32(38(50)47(33)23-28)19-36(49)55-26(4)41(42,43)44/h2*7-9,11-13,22,24-29,32-33H,5-6,10,14-21,23H2,1-4H3,(H,46,51)/b2*11-7-/t24-,25+,26+,27+,28+,32-,33-,40+;24-,25-,26-,27-,28-,32+,33+,40-/m01/s1. The molecule has 8 aliphatic rings. The first-order valence-corrected chi connectivity index (χ1v) is 42.9. The molecule has 12 rings (SSSR count). The Balaban J connectivity index is 0.000000225. The van der Waals surface area contributed by atoms with E-state index in [9.17, 15) is 81.5 Å². The van der Waals surface area contributed by atoms with Gasteiger partial charge >= 0.3 is 24.3 Å². The number of nitrogens with one attached hydrogen (secondary N) is 2. The molecule has 0 radical (unpaired) electrons. The number of nitrogens with zero attached hydrogens (tertiary/aromatic N) is 4. The van der Waals surface area contributed by atoms with E-state index in [0.717, 1.165) is 37.5 Å². The number of alkyl halides is 6. The SMILES string of the molecule is CCCOc1cnc(O[C@@H]2C[C@H]3C(=O)C[C@]4(C(=O)NS(=O)(=O)C5CC5)C[C@H]4/C=C\CC[C@@H](C)C[C@@H](C)[C@H](CC(=O)O[C@H](C)C(F)(F)F)C(=O)N3C2)c2ccccc12.CCCOc1cnc(O[C@@H]2C[C@H]3C(=O)C[C@]4(C(=O)NS(=O)(=O)C5CC5)C[C@H]4/C=C\CC[C@H](C)C[C@@H](C)[C@H](CC(=O)O[C@H](C)C(F)(F)F)C(=O)N3C2)c2ccccc12. The van der Waals surface area contributed by atoms with Crippen LogP contribution in [0, 0.1) is 58.2 Å². The van der Waals surface area contributed by atoms with Crippen LogP contribution in [0.5, 0.6) is 23.3 Å². The van der Waals surface area contributed by atoms with Gasteiger partial charge in [-0.05, 0) is 151 Å². The van der Waals surface area contributed by atoms with Crippen molar-refractivity contribution in [3.05, 3.63) is 85.2 Å². The van der Waals surface area contributed by atoms with Gasteiger partial charge in [0.25, 0.3) is 0 Å². The lowest BCUT2D eigenvalue weighted by molar-refractivity contribution is -0.216. The Hall–Kier alpha value is -8.42. The average molecular weight is 1640 g/mol. The van der Waals surface area contributed by atoms with E-state index < -0.39 is 186 Å². The molecule has 2 aromatic heterocycles. The van der Waals surface area contributed by atoms with Gasteiger partial charge in [-0.25, -0.2) is 26.8 Å². The molecule has 2 aromatic carbocycles. The van der Waals surface area contributed by atoms with Crippen molar-refractivity contribution < 1.29 is 110 Å². The number of hydrogen-bond acceptors (Lipinski definition) is 20. The van der Waals surface area contributed by atoms with E-state index in [1.165, 1.54) is 9.80 Å². The van der Waals surface area contributed by atoms with Crippen LogP contribution in [-0.4, -0.2) is 169 Å². The molecule has 0 bridgehead atoms. The number of pyridine rings is 2. The first-order valence-electron chi connectivity index (χ1n) is 39.8. The number of amides is 4. The molecular formula is C82H104F6N6O18S2. The molecule has 114 heavy (non-hydrogen) atoms. The molecule has 2 N–H and O–H groups in total. The topological polar surface area (TPSA) is 317 Å². The predicted molar refractivity (Wildman–Crippen MR) is 407 cm³/mol. The minimum absolute atomic E-state index is 0.0136. The highest BCUT2D eigenvalue weighted by Gasteiger charge is 2.64. The van der Waals surface area contributed by atoms with Crippen LogP contribution in [-0.2, 0) is 67.9 Å². The summed E-state index contributed by atoms with van der Waals surface area (Å²) in [6, 6.07) is 12.4. The number of rotatable bonds is 22. The predicted octanol–water partition coefficient (Wildman–Crippen LogP) is 12.9. The number of Topliss-reactive ketones (excluding diaryl/α,β-unsaturated/α-hetero) is 2. The number of fused-ring (bicyclic) bond motifs is 6. The van der Waals surface area contributed by atoms with Crippen molar-refractivity contribution in [1.82, 2.24) is 29.2 Å². The number of ketones is 2. The second kappa shape index (κ2) is 35.6. The van der Waals surface area contributed by atoms with E-state index in [-0.39, 0.29) is 75.2 Å². The zero-order chi connectivity index (χ0) is 82.6. The maximum atomic E-state index is 14.8. The van der Waals surface area contributed by atoms with Crippen LogP contribution in [0.3, 0.4) is 0 Å². The van der Waals surface area contributed by atoms with Crippen molar-refractivity contribution in [2.75, 3.05) is 26.3 Å². The lowest BCUT2D eigenvalue weighted by Gasteiger charge is -2.32. The van der Waals surface area contributed by atoms with Crippen LogP contribution in [0.1, 0.15) is 184 Å². The van der Waals surface area contributed by atoms with Gasteiger partial charge in [0.05, 0.1) is 96.8 Å². The summed E-state index contributed by atoms with van der Waals surface area (Å²) in [5.74, 6) is -8.56. The number of aromatic nitrogens is 2. The molecule has 4 aliphatic heterocycles. The number of allylic oxidation sites excluding steroid dienone is 4. The van der Waals surface area contributed by atoms with Gasteiger partial charge in [-0.15, -0.1) is 0 Å². The fourth-order valence-corrected chi connectivity index (χ4v) is 19.2. The first kappa shape index (κ1) is 86.4. The van der Waals surface area contributed by atoms with E-state index >= 15 is 0 Å². The summed E-state index contributed by atoms with van der Waals surface area (Å²) >= 11 is 0. The third-order valence-electron chi connectivity index (χ3n) is 23.6. The van der Waals surface area contributed by atoms with Crippen LogP contribution in [0.4, 0.5) is 26.3 Å². The van der Waals surface area contributed by atoms with Crippen LogP contribution in [0.2, 0.25) is 0 Å². The van der Waals surface area contributed by atoms with Gasteiger partial charge in [0.1, 0.15) is 23.7 Å². The molecule has 6 heterocycles. The number of benzene rings is 2. The second-order valence-corrected chi connectivity index (χ2v) is 36.7. The van der Waals surface area contributed by atoms with Crippen molar-refractivity contribution in [2.45, 2.75) is 243 Å². The summed E-state index contributed by atoms with van der Waals surface area (Å²) in [6.07, 6.45) is -0.0887. The molecule has 0 unspecified atom stereocenters. The minimum Gasteiger partial charge on any atom is -0.491 e. The van der Waals surface area contributed by atoms with Crippen molar-refractivity contribution in [1.29, 1.82) is 0 Å². The van der Waals surface area contributed by atoms with Gasteiger partial charge in [-0.1, -0.05) is 102 Å². The summed E-state index contributed by atoms with van der Waals surface area (Å²) in [5.41, 5.74) is -2.71. The largest absolute Gasteiger partial charge is 0.491 e. The van der Waals surface area contributed by atoms with Gasteiger partial charge in [0.15, 0.2) is 23.8 Å². The molecule has 0 spiro atoms. The molecule has 4 aromatic rings. The zero-order valence-corrected chi connectivity index (χ0v) is 67.1. The van der Waals surface area contributed by atoms with Gasteiger partial charge in [0.2, 0.25) is 55.4 Å². The number of carbonyl (C=O) groups is 8. The number of carbonyl (C=O) groups excluding carboxylic acids is 8. The molecule has 4 saturated carbocycles.